The number of aromatic nitrogens is 4. The molecule has 0 radical (unpaired) electrons. The van der Waals surface area contributed by atoms with Gasteiger partial charge < -0.3 is 15.0 Å². The second kappa shape index (κ2) is 12.3. The van der Waals surface area contributed by atoms with Crippen LogP contribution in [0.1, 0.15) is 75.3 Å². The summed E-state index contributed by atoms with van der Waals surface area (Å²) >= 11 is 1.47. The smallest absolute Gasteiger partial charge is 0.439 e. The van der Waals surface area contributed by atoms with Crippen LogP contribution in [0.5, 0.6) is 5.75 Å². The first-order chi connectivity index (χ1) is 25.2. The molecule has 2 aliphatic heterocycles. The van der Waals surface area contributed by atoms with E-state index in [1.165, 1.54) is 23.0 Å². The fourth-order valence-electron chi connectivity index (χ4n) is 8.05. The SMILES string of the molecule is COc1cccc2c1CC[C@H]2Nc1nccc2cc(-c3c4c(nc(CCc5cccc(C(F)(F)F)c5)c3-c3noc(=O)[nH]3)[C@H]3CCCN3C4=O)sc12. The summed E-state index contributed by atoms with van der Waals surface area (Å²) in [5.41, 5.74) is 4.65. The van der Waals surface area contributed by atoms with Crippen LogP contribution in [0.15, 0.2) is 70.1 Å². The number of carbonyl (C=O) groups excluding carboxylic acids is 1. The summed E-state index contributed by atoms with van der Waals surface area (Å²) in [6.07, 6.45) is 1.03. The predicted octanol–water partition coefficient (Wildman–Crippen LogP) is 7.90. The highest BCUT2D eigenvalue weighted by atomic mass is 32.1. The Kier molecular flexibility index (Phi) is 7.68. The van der Waals surface area contributed by atoms with Crippen molar-refractivity contribution in [2.45, 2.75) is 56.8 Å². The number of rotatable bonds is 8. The summed E-state index contributed by atoms with van der Waals surface area (Å²) in [7, 11) is 1.68. The van der Waals surface area contributed by atoms with Crippen molar-refractivity contribution in [2.75, 3.05) is 19.0 Å². The molecule has 0 unspecified atom stereocenters. The molecule has 4 aromatic heterocycles. The highest BCUT2D eigenvalue weighted by molar-refractivity contribution is 7.23. The van der Waals surface area contributed by atoms with E-state index in [0.717, 1.165) is 64.1 Å². The van der Waals surface area contributed by atoms with Crippen molar-refractivity contribution in [1.82, 2.24) is 25.0 Å². The number of alkyl halides is 3. The Labute approximate surface area is 298 Å². The zero-order valence-corrected chi connectivity index (χ0v) is 28.7. The number of fused-ring (bicyclic) bond motifs is 5. The minimum Gasteiger partial charge on any atom is -0.496 e. The Balaban J connectivity index is 1.19. The Bertz CT molecular complexity index is 2450. The van der Waals surface area contributed by atoms with E-state index in [9.17, 15) is 22.8 Å². The van der Waals surface area contributed by atoms with Crippen molar-refractivity contribution < 1.29 is 27.2 Å². The highest BCUT2D eigenvalue weighted by Gasteiger charge is 2.45. The Morgan fingerprint density at radius 3 is 2.73 bits per heavy atom. The lowest BCUT2D eigenvalue weighted by molar-refractivity contribution is -0.137. The number of anilines is 1. The molecule has 264 valence electrons. The summed E-state index contributed by atoms with van der Waals surface area (Å²) in [6, 6.07) is 15.0. The lowest BCUT2D eigenvalue weighted by atomic mass is 9.92. The first-order valence-electron chi connectivity index (χ1n) is 17.1. The summed E-state index contributed by atoms with van der Waals surface area (Å²) in [4.78, 5) is 41.6. The maximum absolute atomic E-state index is 14.2. The summed E-state index contributed by atoms with van der Waals surface area (Å²) in [6.45, 7) is 0.590. The minimum absolute atomic E-state index is 0.0193. The van der Waals surface area contributed by atoms with E-state index < -0.39 is 17.5 Å². The molecule has 3 aliphatic rings. The lowest BCUT2D eigenvalue weighted by Crippen LogP contribution is -2.22. The molecule has 0 spiro atoms. The molecule has 2 atom stereocenters. The molecular weight excluding hydrogens is 694 g/mol. The molecule has 6 aromatic rings. The molecule has 0 bridgehead atoms. The largest absolute Gasteiger partial charge is 0.496 e. The van der Waals surface area contributed by atoms with Gasteiger partial charge in [-0.15, -0.1) is 11.3 Å². The molecule has 1 aliphatic carbocycles. The van der Waals surface area contributed by atoms with Crippen molar-refractivity contribution in [1.29, 1.82) is 0 Å². The van der Waals surface area contributed by atoms with Crippen molar-refractivity contribution >= 4 is 33.1 Å². The maximum atomic E-state index is 14.2. The molecule has 2 N–H and O–H groups in total. The van der Waals surface area contributed by atoms with Gasteiger partial charge in [-0.25, -0.2) is 9.78 Å². The van der Waals surface area contributed by atoms with Crippen molar-refractivity contribution in [3.63, 3.8) is 0 Å². The standard InChI is InChI=1S/C38H31F3N6O4S/c1-50-27-9-3-7-22-23(27)11-13-24(22)44-35-33-20(14-15-42-35)18-28(52-33)30-29(34-45-37(49)51-46-34)25(12-10-19-5-2-6-21(17-19)38(39,40)41)43-32-26-8-4-16-47(26)36(48)31(30)32/h2-3,5-7,9,14-15,17-18,24,26H,4,8,10-13,16H2,1H3,(H,42,44)(H,45,46,49)/t24-,26-/m1/s1. The van der Waals surface area contributed by atoms with E-state index in [1.54, 1.807) is 19.4 Å². The average Bonchev–Trinajstić information content (AvgIpc) is 3.98. The molecule has 2 aromatic carbocycles. The third-order valence-corrected chi connectivity index (χ3v) is 11.5. The van der Waals surface area contributed by atoms with Gasteiger partial charge in [0.15, 0.2) is 5.82 Å². The van der Waals surface area contributed by atoms with E-state index in [1.807, 2.05) is 29.2 Å². The fourth-order valence-corrected chi connectivity index (χ4v) is 9.22. The van der Waals surface area contributed by atoms with Crippen LogP contribution in [0.4, 0.5) is 19.0 Å². The number of nitrogens with zero attached hydrogens (tertiary/aromatic N) is 4. The number of H-pyrrole nitrogens is 1. The Hall–Kier alpha value is -5.50. The van der Waals surface area contributed by atoms with Gasteiger partial charge in [0.1, 0.15) is 11.6 Å². The van der Waals surface area contributed by atoms with Crippen LogP contribution in [-0.4, -0.2) is 44.6 Å². The first-order valence-corrected chi connectivity index (χ1v) is 17.9. The normalized spacial score (nSPS) is 17.8. The number of amides is 1. The van der Waals surface area contributed by atoms with Crippen molar-refractivity contribution in [2.24, 2.45) is 0 Å². The van der Waals surface area contributed by atoms with Crippen molar-refractivity contribution in [3.8, 4) is 27.6 Å². The lowest BCUT2D eigenvalue weighted by Gasteiger charge is -2.17. The second-order valence-corrected chi connectivity index (χ2v) is 14.4. The molecule has 1 fully saturated rings. The topological polar surface area (TPSA) is 126 Å². The van der Waals surface area contributed by atoms with Gasteiger partial charge in [0.2, 0.25) is 0 Å². The number of aryl methyl sites for hydroxylation is 2. The van der Waals surface area contributed by atoms with E-state index in [4.69, 9.17) is 19.2 Å². The van der Waals surface area contributed by atoms with Crippen LogP contribution >= 0.6 is 11.3 Å². The van der Waals surface area contributed by atoms with E-state index in [-0.39, 0.29) is 36.7 Å². The molecule has 1 saturated heterocycles. The number of nitrogens with one attached hydrogen (secondary N) is 2. The zero-order valence-electron chi connectivity index (χ0n) is 27.8. The molecule has 14 heteroatoms. The van der Waals surface area contributed by atoms with Crippen LogP contribution < -0.4 is 15.8 Å². The molecular formula is C38H31F3N6O4S. The quantitative estimate of drug-likeness (QED) is 0.162. The summed E-state index contributed by atoms with van der Waals surface area (Å²) in [5, 5.41) is 8.62. The van der Waals surface area contributed by atoms with Crippen molar-refractivity contribution in [3.05, 3.63) is 111 Å². The van der Waals surface area contributed by atoms with Gasteiger partial charge in [-0.2, -0.15) is 13.2 Å². The molecule has 1 amide bonds. The highest BCUT2D eigenvalue weighted by Crippen LogP contribution is 2.50. The zero-order chi connectivity index (χ0) is 35.7. The van der Waals surface area contributed by atoms with E-state index in [0.29, 0.717) is 46.0 Å². The van der Waals surface area contributed by atoms with Gasteiger partial charge in [-0.1, -0.05) is 35.5 Å². The Morgan fingerprint density at radius 2 is 1.92 bits per heavy atom. The van der Waals surface area contributed by atoms with Crippen LogP contribution in [0.2, 0.25) is 0 Å². The third kappa shape index (κ3) is 5.35. The third-order valence-electron chi connectivity index (χ3n) is 10.4. The number of aromatic amines is 1. The number of methoxy groups -OCH3 is 1. The number of benzene rings is 2. The maximum Gasteiger partial charge on any atom is 0.439 e. The number of ether oxygens (including phenoxy) is 1. The molecule has 0 saturated carbocycles. The van der Waals surface area contributed by atoms with Crippen LogP contribution in [0.3, 0.4) is 0 Å². The first kappa shape index (κ1) is 32.4. The molecule has 6 heterocycles. The summed E-state index contributed by atoms with van der Waals surface area (Å²) in [5.74, 6) is 0.734. The van der Waals surface area contributed by atoms with Crippen LogP contribution in [0.25, 0.3) is 31.9 Å². The number of hydrogen-bond acceptors (Lipinski definition) is 9. The van der Waals surface area contributed by atoms with Gasteiger partial charge in [-0.3, -0.25) is 19.3 Å². The van der Waals surface area contributed by atoms with Gasteiger partial charge in [0, 0.05) is 23.2 Å². The van der Waals surface area contributed by atoms with Gasteiger partial charge in [0.05, 0.1) is 52.0 Å². The second-order valence-electron chi connectivity index (χ2n) is 13.3. The molecule has 52 heavy (non-hydrogen) atoms. The monoisotopic (exact) mass is 724 g/mol. The van der Waals surface area contributed by atoms with E-state index in [2.05, 4.69) is 21.5 Å². The number of carbonyl (C=O) groups is 1. The number of halogens is 3. The molecule has 10 nitrogen and oxygen atoms in total. The number of hydrogen-bond donors (Lipinski definition) is 2. The fraction of sp³-hybridized carbons (Fsp3) is 0.289. The van der Waals surface area contributed by atoms with E-state index >= 15 is 0 Å². The van der Waals surface area contributed by atoms with Gasteiger partial charge in [0.25, 0.3) is 5.91 Å². The Morgan fingerprint density at radius 1 is 1.06 bits per heavy atom. The number of pyridine rings is 2. The van der Waals surface area contributed by atoms with Crippen LogP contribution in [-0.2, 0) is 25.4 Å². The summed E-state index contributed by atoms with van der Waals surface area (Å²) < 4.78 is 52.2. The van der Waals surface area contributed by atoms with Crippen LogP contribution in [0, 0.1) is 0 Å². The minimum atomic E-state index is -4.48. The average molecular weight is 725 g/mol. The van der Waals surface area contributed by atoms with Gasteiger partial charge in [-0.05, 0) is 84.9 Å². The number of thiophene rings is 1. The molecule has 9 rings (SSSR count). The van der Waals surface area contributed by atoms with Gasteiger partial charge >= 0.3 is 11.9 Å². The predicted molar refractivity (Wildman–Crippen MR) is 189 cm³/mol.